The Morgan fingerprint density at radius 2 is 1.91 bits per heavy atom. The highest BCUT2D eigenvalue weighted by atomic mass is 16.3. The number of hydrogen-bond donors (Lipinski definition) is 1. The molecule has 0 fully saturated rings. The van der Waals surface area contributed by atoms with Crippen LogP contribution >= 0.6 is 0 Å². The van der Waals surface area contributed by atoms with E-state index in [2.05, 4.69) is 41.9 Å². The minimum Gasteiger partial charge on any atom is -0.459 e. The third-order valence-electron chi connectivity index (χ3n) is 3.73. The van der Waals surface area contributed by atoms with Gasteiger partial charge in [-0.15, -0.1) is 0 Å². The van der Waals surface area contributed by atoms with Crippen molar-refractivity contribution in [2.75, 3.05) is 0 Å². The van der Waals surface area contributed by atoms with Crippen molar-refractivity contribution in [2.45, 2.75) is 20.4 Å². The van der Waals surface area contributed by atoms with Gasteiger partial charge in [-0.05, 0) is 49.7 Å². The van der Waals surface area contributed by atoms with E-state index in [0.29, 0.717) is 12.3 Å². The molecule has 2 heterocycles. The van der Waals surface area contributed by atoms with E-state index in [1.807, 2.05) is 18.2 Å². The molecule has 4 nitrogen and oxygen atoms in total. The van der Waals surface area contributed by atoms with Crippen LogP contribution in [0.5, 0.6) is 0 Å². The third kappa shape index (κ3) is 2.68. The SMILES string of the molecule is Cc1cc(CNC(=O)c2ccco2)c(C)n1-c1ccccc1. The van der Waals surface area contributed by atoms with Crippen LogP contribution in [-0.4, -0.2) is 10.5 Å². The van der Waals surface area contributed by atoms with Crippen LogP contribution in [0.2, 0.25) is 0 Å². The number of carbonyl (C=O) groups excluding carboxylic acids is 1. The smallest absolute Gasteiger partial charge is 0.287 e. The summed E-state index contributed by atoms with van der Waals surface area (Å²) in [6.07, 6.45) is 1.50. The number of nitrogens with one attached hydrogen (secondary N) is 1. The van der Waals surface area contributed by atoms with E-state index < -0.39 is 0 Å². The molecule has 1 amide bonds. The average molecular weight is 294 g/mol. The van der Waals surface area contributed by atoms with Gasteiger partial charge in [-0.25, -0.2) is 0 Å². The van der Waals surface area contributed by atoms with Crippen LogP contribution in [-0.2, 0) is 6.54 Å². The number of carbonyl (C=O) groups is 1. The monoisotopic (exact) mass is 294 g/mol. The molecule has 3 aromatic rings. The number of amides is 1. The summed E-state index contributed by atoms with van der Waals surface area (Å²) in [6, 6.07) is 15.7. The Balaban J connectivity index is 1.80. The predicted octanol–water partition coefficient (Wildman–Crippen LogP) is 3.62. The molecule has 2 aromatic heterocycles. The van der Waals surface area contributed by atoms with Gasteiger partial charge < -0.3 is 14.3 Å². The number of nitrogens with zero attached hydrogens (tertiary/aromatic N) is 1. The molecule has 0 saturated carbocycles. The van der Waals surface area contributed by atoms with Gasteiger partial charge in [-0.2, -0.15) is 0 Å². The second kappa shape index (κ2) is 5.93. The lowest BCUT2D eigenvalue weighted by atomic mass is 10.2. The predicted molar refractivity (Wildman–Crippen MR) is 85.1 cm³/mol. The van der Waals surface area contributed by atoms with Gasteiger partial charge in [0.1, 0.15) is 0 Å². The topological polar surface area (TPSA) is 47.2 Å². The minimum atomic E-state index is -0.200. The van der Waals surface area contributed by atoms with Crippen LogP contribution in [0.4, 0.5) is 0 Å². The highest BCUT2D eigenvalue weighted by molar-refractivity contribution is 5.91. The molecule has 0 unspecified atom stereocenters. The number of para-hydroxylation sites is 1. The number of aromatic nitrogens is 1. The van der Waals surface area contributed by atoms with Gasteiger partial charge in [0.2, 0.25) is 0 Å². The van der Waals surface area contributed by atoms with Crippen LogP contribution in [0.1, 0.15) is 27.5 Å². The highest BCUT2D eigenvalue weighted by Crippen LogP contribution is 2.20. The van der Waals surface area contributed by atoms with Gasteiger partial charge in [-0.3, -0.25) is 4.79 Å². The van der Waals surface area contributed by atoms with Gasteiger partial charge in [0.15, 0.2) is 5.76 Å². The first kappa shape index (κ1) is 14.2. The van der Waals surface area contributed by atoms with Crippen LogP contribution in [0.3, 0.4) is 0 Å². The van der Waals surface area contributed by atoms with E-state index in [1.54, 1.807) is 12.1 Å². The molecule has 3 rings (SSSR count). The molecule has 0 aliphatic rings. The molecule has 22 heavy (non-hydrogen) atoms. The maximum Gasteiger partial charge on any atom is 0.287 e. The Morgan fingerprint density at radius 1 is 1.14 bits per heavy atom. The van der Waals surface area contributed by atoms with Crippen molar-refractivity contribution >= 4 is 5.91 Å². The van der Waals surface area contributed by atoms with E-state index >= 15 is 0 Å². The van der Waals surface area contributed by atoms with Gasteiger partial charge >= 0.3 is 0 Å². The first-order valence-electron chi connectivity index (χ1n) is 7.22. The van der Waals surface area contributed by atoms with Gasteiger partial charge in [0.05, 0.1) is 6.26 Å². The first-order chi connectivity index (χ1) is 10.7. The molecule has 0 saturated heterocycles. The molecule has 0 spiro atoms. The first-order valence-corrected chi connectivity index (χ1v) is 7.22. The highest BCUT2D eigenvalue weighted by Gasteiger charge is 2.13. The van der Waals surface area contributed by atoms with Crippen molar-refractivity contribution in [1.82, 2.24) is 9.88 Å². The normalized spacial score (nSPS) is 10.6. The molecule has 0 aliphatic carbocycles. The molecule has 0 radical (unpaired) electrons. The van der Waals surface area contributed by atoms with E-state index in [0.717, 1.165) is 22.6 Å². The van der Waals surface area contributed by atoms with E-state index in [-0.39, 0.29) is 5.91 Å². The van der Waals surface area contributed by atoms with E-state index in [4.69, 9.17) is 4.42 Å². The largest absolute Gasteiger partial charge is 0.459 e. The van der Waals surface area contributed by atoms with E-state index in [9.17, 15) is 4.79 Å². The van der Waals surface area contributed by atoms with Crippen molar-refractivity contribution < 1.29 is 9.21 Å². The second-order valence-electron chi connectivity index (χ2n) is 5.23. The van der Waals surface area contributed by atoms with Crippen LogP contribution in [0, 0.1) is 13.8 Å². The summed E-state index contributed by atoms with van der Waals surface area (Å²) in [5, 5.41) is 2.89. The minimum absolute atomic E-state index is 0.200. The van der Waals surface area contributed by atoms with Crippen molar-refractivity contribution in [3.8, 4) is 5.69 Å². The summed E-state index contributed by atoms with van der Waals surface area (Å²) < 4.78 is 7.28. The Hall–Kier alpha value is -2.75. The summed E-state index contributed by atoms with van der Waals surface area (Å²) in [5.41, 5.74) is 4.50. The molecule has 0 bridgehead atoms. The molecular formula is C18H18N2O2. The standard InChI is InChI=1S/C18H18N2O2/c1-13-11-15(12-19-18(21)17-9-6-10-22-17)14(2)20(13)16-7-4-3-5-8-16/h3-11H,12H2,1-2H3,(H,19,21). The van der Waals surface area contributed by atoms with Crippen molar-refractivity contribution in [3.05, 3.63) is 77.5 Å². The van der Waals surface area contributed by atoms with Crippen molar-refractivity contribution in [1.29, 1.82) is 0 Å². The zero-order chi connectivity index (χ0) is 15.5. The number of rotatable bonds is 4. The maximum atomic E-state index is 11.9. The Bertz CT molecular complexity index is 771. The molecule has 4 heteroatoms. The summed E-state index contributed by atoms with van der Waals surface area (Å²) in [6.45, 7) is 4.61. The fraction of sp³-hybridized carbons (Fsp3) is 0.167. The zero-order valence-corrected chi connectivity index (χ0v) is 12.7. The van der Waals surface area contributed by atoms with Gasteiger partial charge in [0, 0.05) is 23.6 Å². The summed E-state index contributed by atoms with van der Waals surface area (Å²) in [5.74, 6) is 0.131. The van der Waals surface area contributed by atoms with E-state index in [1.165, 1.54) is 6.26 Å². The third-order valence-corrected chi connectivity index (χ3v) is 3.73. The summed E-state index contributed by atoms with van der Waals surface area (Å²) >= 11 is 0. The quantitative estimate of drug-likeness (QED) is 0.799. The molecule has 1 aromatic carbocycles. The molecule has 0 atom stereocenters. The molecular weight excluding hydrogens is 276 g/mol. The summed E-state index contributed by atoms with van der Waals surface area (Å²) in [4.78, 5) is 11.9. The van der Waals surface area contributed by atoms with Gasteiger partial charge in [0.25, 0.3) is 5.91 Å². The number of benzene rings is 1. The summed E-state index contributed by atoms with van der Waals surface area (Å²) in [7, 11) is 0. The van der Waals surface area contributed by atoms with Crippen LogP contribution < -0.4 is 5.32 Å². The molecule has 1 N–H and O–H groups in total. The number of furan rings is 1. The maximum absolute atomic E-state index is 11.9. The Labute approximate surface area is 129 Å². The van der Waals surface area contributed by atoms with Crippen molar-refractivity contribution in [2.24, 2.45) is 0 Å². The fourth-order valence-corrected chi connectivity index (χ4v) is 2.65. The number of hydrogen-bond acceptors (Lipinski definition) is 2. The second-order valence-corrected chi connectivity index (χ2v) is 5.23. The Morgan fingerprint density at radius 3 is 2.59 bits per heavy atom. The zero-order valence-electron chi connectivity index (χ0n) is 12.7. The van der Waals surface area contributed by atoms with Gasteiger partial charge in [-0.1, -0.05) is 18.2 Å². The Kier molecular flexibility index (Phi) is 3.83. The lowest BCUT2D eigenvalue weighted by Gasteiger charge is -2.10. The van der Waals surface area contributed by atoms with Crippen molar-refractivity contribution in [3.63, 3.8) is 0 Å². The fourth-order valence-electron chi connectivity index (χ4n) is 2.65. The lowest BCUT2D eigenvalue weighted by Crippen LogP contribution is -2.22. The number of aryl methyl sites for hydroxylation is 1. The van der Waals surface area contributed by atoms with Crippen LogP contribution in [0.15, 0.2) is 59.2 Å². The molecule has 112 valence electrons. The lowest BCUT2D eigenvalue weighted by molar-refractivity contribution is 0.0923. The van der Waals surface area contributed by atoms with Crippen LogP contribution in [0.25, 0.3) is 5.69 Å². The average Bonchev–Trinajstić information content (AvgIpc) is 3.15. The molecule has 0 aliphatic heterocycles.